The van der Waals surface area contributed by atoms with Crippen molar-refractivity contribution >= 4 is 77.0 Å². The predicted molar refractivity (Wildman–Crippen MR) is 385 cm³/mol. The van der Waals surface area contributed by atoms with Crippen molar-refractivity contribution < 1.29 is 69.9 Å². The molecule has 2 saturated carbocycles. The van der Waals surface area contributed by atoms with Crippen molar-refractivity contribution in [2.45, 2.75) is 137 Å². The Morgan fingerprint density at radius 3 is 1.32 bits per heavy atom. The molecule has 8 aromatic rings. The lowest BCUT2D eigenvalue weighted by Gasteiger charge is -2.24. The van der Waals surface area contributed by atoms with E-state index in [2.05, 4.69) is 5.32 Å². The number of para-hydroxylation sites is 2. The number of esters is 2. The van der Waals surface area contributed by atoms with Crippen LogP contribution in [0.15, 0.2) is 143 Å². The Balaban J connectivity index is 0.000000215. The molecule has 2 aliphatic carbocycles. The molecule has 0 atom stereocenters. The van der Waals surface area contributed by atoms with E-state index in [0.29, 0.717) is 68.3 Å². The number of nitrogens with one attached hydrogen (secondary N) is 1. The van der Waals surface area contributed by atoms with E-state index < -0.39 is 59.2 Å². The number of carboxylic acids is 1. The summed E-state index contributed by atoms with van der Waals surface area (Å²) in [5, 5.41) is 37.0. The van der Waals surface area contributed by atoms with E-state index in [1.54, 1.807) is 32.4 Å². The number of nitro benzene ring substituents is 2. The van der Waals surface area contributed by atoms with Crippen molar-refractivity contribution in [2.24, 2.45) is 5.73 Å². The van der Waals surface area contributed by atoms with Crippen molar-refractivity contribution in [2.75, 3.05) is 68.7 Å². The Hall–Kier alpha value is -9.54. The molecule has 10 rings (SSSR count). The molecule has 2 aliphatic rings. The van der Waals surface area contributed by atoms with E-state index in [9.17, 15) is 61.3 Å². The minimum atomic E-state index is -4.04. The number of amides is 1. The molecule has 6 aromatic carbocycles. The summed E-state index contributed by atoms with van der Waals surface area (Å²) in [5.74, 6) is 0.143. The number of fused-ring (bicyclic) bond motifs is 2. The Labute approximate surface area is 588 Å². The first-order chi connectivity index (χ1) is 48.5. The molecule has 0 radical (unpaired) electrons. The summed E-state index contributed by atoms with van der Waals surface area (Å²) in [6.07, 6.45) is 15.4. The quantitative estimate of drug-likeness (QED) is 0.0170. The molecule has 2 heterocycles. The molecule has 2 fully saturated rings. The fourth-order valence-corrected chi connectivity index (χ4v) is 16.1. The van der Waals surface area contributed by atoms with Crippen molar-refractivity contribution in [1.82, 2.24) is 23.1 Å². The molecule has 0 bridgehead atoms. The third kappa shape index (κ3) is 18.9. The van der Waals surface area contributed by atoms with Gasteiger partial charge in [0, 0.05) is 56.6 Å². The summed E-state index contributed by atoms with van der Waals surface area (Å²) < 4.78 is 77.4. The lowest BCUT2D eigenvalue weighted by molar-refractivity contribution is -0.388. The number of nitro groups is 2. The maximum absolute atomic E-state index is 13.5. The minimum absolute atomic E-state index is 0.0338. The van der Waals surface area contributed by atoms with Gasteiger partial charge in [0.25, 0.3) is 11.4 Å². The van der Waals surface area contributed by atoms with Crippen LogP contribution in [-0.2, 0) is 52.2 Å². The van der Waals surface area contributed by atoms with Crippen molar-refractivity contribution in [3.63, 3.8) is 0 Å². The first-order valence-electron chi connectivity index (χ1n) is 33.9. The highest BCUT2D eigenvalue weighted by Crippen LogP contribution is 2.47. The summed E-state index contributed by atoms with van der Waals surface area (Å²) >= 11 is 0. The average molecular weight is 1430 g/mol. The average Bonchev–Trinajstić information content (AvgIpc) is 1.61. The van der Waals surface area contributed by atoms with Gasteiger partial charge in [-0.25, -0.2) is 35.0 Å². The molecule has 0 unspecified atom stereocenters. The van der Waals surface area contributed by atoms with Gasteiger partial charge >= 0.3 is 17.9 Å². The summed E-state index contributed by atoms with van der Waals surface area (Å²) in [4.78, 5) is 70.4. The van der Waals surface area contributed by atoms with Crippen molar-refractivity contribution in [1.29, 1.82) is 0 Å². The largest absolute Gasteiger partial charge is 0.497 e. The molecule has 0 spiro atoms. The zero-order valence-electron chi connectivity index (χ0n) is 58.0. The van der Waals surface area contributed by atoms with E-state index in [4.69, 9.17) is 24.7 Å². The van der Waals surface area contributed by atoms with E-state index in [1.807, 2.05) is 75.9 Å². The van der Waals surface area contributed by atoms with Gasteiger partial charge in [-0.15, -0.1) is 0 Å². The van der Waals surface area contributed by atoms with Crippen LogP contribution >= 0.6 is 0 Å². The third-order valence-corrected chi connectivity index (χ3v) is 22.4. The molecule has 540 valence electrons. The molecule has 4 N–H and O–H groups in total. The van der Waals surface area contributed by atoms with Gasteiger partial charge in [0.2, 0.25) is 26.0 Å². The first-order valence-corrected chi connectivity index (χ1v) is 36.7. The smallest absolute Gasteiger partial charge is 0.337 e. The predicted octanol–water partition coefficient (Wildman–Crippen LogP) is 13.2. The molecule has 2 aromatic heterocycles. The van der Waals surface area contributed by atoms with Crippen LogP contribution in [0.4, 0.5) is 11.4 Å². The lowest BCUT2D eigenvalue weighted by Crippen LogP contribution is -2.30. The Bertz CT molecular complexity index is 4450. The van der Waals surface area contributed by atoms with Gasteiger partial charge in [-0.05, 0) is 177 Å². The summed E-state index contributed by atoms with van der Waals surface area (Å²) in [6.45, 7) is 1.30. The normalized spacial score (nSPS) is 13.6. The van der Waals surface area contributed by atoms with Crippen LogP contribution in [0.25, 0.3) is 44.3 Å². The van der Waals surface area contributed by atoms with Crippen LogP contribution < -0.4 is 20.5 Å². The van der Waals surface area contributed by atoms with Crippen LogP contribution in [0.3, 0.4) is 0 Å². The summed E-state index contributed by atoms with van der Waals surface area (Å²) in [5.41, 5.74) is 13.0. The van der Waals surface area contributed by atoms with E-state index >= 15 is 0 Å². The highest BCUT2D eigenvalue weighted by Gasteiger charge is 2.33. The second-order valence-electron chi connectivity index (χ2n) is 25.0. The second-order valence-corrected chi connectivity index (χ2v) is 29.1. The number of nitrogens with zero attached hydrogens (tertiary/aromatic N) is 6. The fraction of sp³-hybridized carbons (Fsp3) is 0.405. The van der Waals surface area contributed by atoms with Crippen LogP contribution in [0, 0.1) is 20.2 Å². The number of carbonyl (C=O) groups excluding carboxylic acids is 3. The van der Waals surface area contributed by atoms with Crippen LogP contribution in [0.5, 0.6) is 11.5 Å². The van der Waals surface area contributed by atoms with Gasteiger partial charge in [0.05, 0.1) is 71.8 Å². The number of rotatable bonds is 29. The Morgan fingerprint density at radius 2 is 0.941 bits per heavy atom. The van der Waals surface area contributed by atoms with Gasteiger partial charge in [-0.3, -0.25) is 29.8 Å². The number of ether oxygens (including phenoxy) is 4. The number of carbonyl (C=O) groups is 4. The number of sulfonamides is 2. The number of aliphatic carboxylic acids is 1. The van der Waals surface area contributed by atoms with Crippen LogP contribution in [0.1, 0.15) is 146 Å². The molecular weight excluding hydrogens is 1340 g/mol. The van der Waals surface area contributed by atoms with E-state index in [1.165, 1.54) is 114 Å². The summed E-state index contributed by atoms with van der Waals surface area (Å²) in [7, 11) is 0.892. The summed E-state index contributed by atoms with van der Waals surface area (Å²) in [6, 6.07) is 37.2. The topological polar surface area (TPSA) is 334 Å². The number of hydrogen-bond acceptors (Lipinski definition) is 17. The molecule has 1 amide bonds. The third-order valence-electron chi connectivity index (χ3n) is 18.5. The van der Waals surface area contributed by atoms with Gasteiger partial charge in [0.1, 0.15) is 24.6 Å². The number of methoxy groups -OCH3 is 4. The van der Waals surface area contributed by atoms with Gasteiger partial charge < -0.3 is 44.2 Å². The number of nitrogens with two attached hydrogens (primary N) is 1. The SMILES string of the molecule is CN(CCCCCN)S(=O)(=O)c1ccccc1[N+](=O)[O-].COC(=O)c1ccc2c(C3CCCCC3)c(-c3ccc(OC)cc3)n(CC(=O)NCCCCCN(C)S(=O)(=O)c3ccccc3[N+](=O)[O-])c2c1.COC(=O)c1ccc2c(C3CCCCC3)c(-c3ccc(OC)cc3)n(CC(=O)O)c2c1. The Morgan fingerprint density at radius 1 is 0.545 bits per heavy atom. The molecule has 0 saturated heterocycles. The lowest BCUT2D eigenvalue weighted by atomic mass is 9.82. The molecular formula is C74H90N8O17S2. The second kappa shape index (κ2) is 36.2. The first kappa shape index (κ1) is 77.2. The highest BCUT2D eigenvalue weighted by molar-refractivity contribution is 7.89. The number of aromatic nitrogens is 2. The van der Waals surface area contributed by atoms with Crippen LogP contribution in [-0.4, -0.2) is 142 Å². The number of benzene rings is 6. The van der Waals surface area contributed by atoms with E-state index in [0.717, 1.165) is 116 Å². The number of carboxylic acid groups (broad SMARTS) is 1. The molecule has 0 aliphatic heterocycles. The molecule has 101 heavy (non-hydrogen) atoms. The van der Waals surface area contributed by atoms with Crippen LogP contribution in [0.2, 0.25) is 0 Å². The minimum Gasteiger partial charge on any atom is -0.497 e. The molecule has 25 nitrogen and oxygen atoms in total. The fourth-order valence-electron chi connectivity index (χ4n) is 13.4. The van der Waals surface area contributed by atoms with Crippen molar-refractivity contribution in [3.8, 4) is 34.0 Å². The zero-order valence-corrected chi connectivity index (χ0v) is 59.6. The standard InChI is InChI=1S/C37H44N4O8S.C25H27NO5.C12H19N3O4S/c1-39(50(46,47)33-15-9-8-14-31(33)41(44)45)23-11-5-10-22-38-34(42)25-40-32-24-28(37(43)49-3)18-21-30(32)35(26-12-6-4-7-13-26)36(40)27-16-19-29(48-2)20-17-27;1-30-19-11-8-17(9-12-19)24-23(16-6-4-3-5-7-16)20-13-10-18(25(29)31-2)14-21(20)26(24)15-22(27)28;1-14(10-6-2-5-9-13)20(18,19)12-8-4-3-7-11(12)15(16)17/h8-9,14-21,24,26H,4-7,10-13,22-23,25H2,1-3H3,(H,38,42);8-14,16H,3-7,15H2,1-2H3,(H,27,28);3-4,7-8H,2,5-6,9-10,13H2,1H3. The van der Waals surface area contributed by atoms with Gasteiger partial charge in [-0.2, -0.15) is 0 Å². The monoisotopic (exact) mass is 1430 g/mol. The Kier molecular flexibility index (Phi) is 27.7. The zero-order chi connectivity index (χ0) is 73.0. The van der Waals surface area contributed by atoms with E-state index in [-0.39, 0.29) is 35.3 Å². The maximum Gasteiger partial charge on any atom is 0.337 e. The highest BCUT2D eigenvalue weighted by atomic mass is 32.2. The number of hydrogen-bond donors (Lipinski definition) is 3. The van der Waals surface area contributed by atoms with Gasteiger partial charge in [0.15, 0.2) is 9.79 Å². The molecule has 27 heteroatoms. The maximum atomic E-state index is 13.5. The van der Waals surface area contributed by atoms with Gasteiger partial charge in [-0.1, -0.05) is 87.8 Å². The van der Waals surface area contributed by atoms with Crippen molar-refractivity contribution in [3.05, 3.63) is 176 Å². The number of unbranched alkanes of at least 4 members (excludes halogenated alkanes) is 4.